The Morgan fingerprint density at radius 2 is 2.31 bits per heavy atom. The average molecular weight is 298 g/mol. The van der Waals surface area contributed by atoms with Crippen molar-refractivity contribution >= 4 is 27.7 Å². The lowest BCUT2D eigenvalue weighted by molar-refractivity contribution is 0.729. The van der Waals surface area contributed by atoms with E-state index in [1.807, 2.05) is 0 Å². The topological polar surface area (TPSA) is 12.0 Å². The summed E-state index contributed by atoms with van der Waals surface area (Å²) >= 11 is 5.25. The first kappa shape index (κ1) is 13.6. The molecule has 0 saturated carbocycles. The van der Waals surface area contributed by atoms with Crippen LogP contribution >= 0.6 is 27.7 Å². The van der Waals surface area contributed by atoms with Gasteiger partial charge in [0.15, 0.2) is 0 Å². The van der Waals surface area contributed by atoms with Crippen molar-refractivity contribution in [3.05, 3.63) is 33.8 Å². The molecule has 0 atom stereocenters. The van der Waals surface area contributed by atoms with Crippen LogP contribution in [0.4, 0.5) is 0 Å². The maximum atomic E-state index is 5.17. The molecule has 0 aliphatic heterocycles. The van der Waals surface area contributed by atoms with E-state index in [9.17, 15) is 0 Å². The van der Waals surface area contributed by atoms with Crippen molar-refractivity contribution < 1.29 is 0 Å². The van der Waals surface area contributed by atoms with Crippen LogP contribution < -0.4 is 5.32 Å². The van der Waals surface area contributed by atoms with Crippen molar-refractivity contribution in [1.29, 1.82) is 0 Å². The van der Waals surface area contributed by atoms with Crippen LogP contribution in [0.25, 0.3) is 0 Å². The van der Waals surface area contributed by atoms with E-state index < -0.39 is 0 Å². The van der Waals surface area contributed by atoms with E-state index in [1.54, 1.807) is 11.8 Å². The van der Waals surface area contributed by atoms with Gasteiger partial charge in [-0.2, -0.15) is 0 Å². The maximum absolute atomic E-state index is 5.17. The molecular weight excluding hydrogens is 282 g/mol. The second-order valence-electron chi connectivity index (χ2n) is 3.50. The van der Waals surface area contributed by atoms with Gasteiger partial charge in [0, 0.05) is 23.3 Å². The van der Waals surface area contributed by atoms with Crippen molar-refractivity contribution in [3.63, 3.8) is 0 Å². The van der Waals surface area contributed by atoms with Gasteiger partial charge in [-0.25, -0.2) is 0 Å². The van der Waals surface area contributed by atoms with Crippen molar-refractivity contribution in [1.82, 2.24) is 5.32 Å². The molecule has 0 amide bonds. The summed E-state index contributed by atoms with van der Waals surface area (Å²) in [7, 11) is 0. The number of thioether (sulfide) groups is 1. The fraction of sp³-hybridized carbons (Fsp3) is 0.385. The Morgan fingerprint density at radius 1 is 1.50 bits per heavy atom. The van der Waals surface area contributed by atoms with Gasteiger partial charge in [0.2, 0.25) is 0 Å². The van der Waals surface area contributed by atoms with Gasteiger partial charge in [-0.1, -0.05) is 27.9 Å². The molecule has 1 N–H and O–H groups in total. The van der Waals surface area contributed by atoms with Crippen LogP contribution in [0.1, 0.15) is 11.1 Å². The molecule has 0 saturated heterocycles. The van der Waals surface area contributed by atoms with Crippen molar-refractivity contribution in [2.24, 2.45) is 0 Å². The second kappa shape index (κ2) is 7.78. The third-order valence-electron chi connectivity index (χ3n) is 2.23. The average Bonchev–Trinajstić information content (AvgIpc) is 2.26. The fourth-order valence-corrected chi connectivity index (χ4v) is 2.38. The molecule has 86 valence electrons. The zero-order valence-corrected chi connectivity index (χ0v) is 11.8. The first-order chi connectivity index (χ1) is 7.74. The third kappa shape index (κ3) is 5.07. The van der Waals surface area contributed by atoms with E-state index in [4.69, 9.17) is 6.42 Å². The molecule has 0 heterocycles. The summed E-state index contributed by atoms with van der Waals surface area (Å²) in [6, 6.07) is 6.38. The Labute approximate surface area is 111 Å². The Balaban J connectivity index is 2.25. The summed E-state index contributed by atoms with van der Waals surface area (Å²) in [6.07, 6.45) is 5.17. The number of terminal acetylenes is 1. The lowest BCUT2D eigenvalue weighted by Gasteiger charge is -2.07. The van der Waals surface area contributed by atoms with E-state index in [0.717, 1.165) is 29.1 Å². The van der Waals surface area contributed by atoms with Gasteiger partial charge in [-0.15, -0.1) is 18.2 Å². The molecule has 0 fully saturated rings. The van der Waals surface area contributed by atoms with Crippen LogP contribution in [0.2, 0.25) is 0 Å². The number of rotatable bonds is 6. The molecule has 16 heavy (non-hydrogen) atoms. The molecule has 0 spiro atoms. The van der Waals surface area contributed by atoms with Crippen LogP contribution in [-0.2, 0) is 6.54 Å². The predicted molar refractivity (Wildman–Crippen MR) is 76.7 cm³/mol. The quantitative estimate of drug-likeness (QED) is 0.639. The number of hydrogen-bond donors (Lipinski definition) is 1. The maximum Gasteiger partial charge on any atom is 0.0545 e. The summed E-state index contributed by atoms with van der Waals surface area (Å²) in [5.41, 5.74) is 2.67. The predicted octanol–water partition coefficient (Wildman–Crippen LogP) is 3.21. The van der Waals surface area contributed by atoms with Crippen LogP contribution in [0.5, 0.6) is 0 Å². The Kier molecular flexibility index (Phi) is 6.63. The van der Waals surface area contributed by atoms with Crippen LogP contribution in [0, 0.1) is 19.3 Å². The van der Waals surface area contributed by atoms with Crippen molar-refractivity contribution in [2.45, 2.75) is 13.5 Å². The Bertz CT molecular complexity index is 371. The lowest BCUT2D eigenvalue weighted by atomic mass is 10.1. The minimum Gasteiger partial charge on any atom is -0.312 e. The highest BCUT2D eigenvalue weighted by Gasteiger charge is 1.98. The summed E-state index contributed by atoms with van der Waals surface area (Å²) in [5.74, 6) is 4.50. The number of hydrogen-bond acceptors (Lipinski definition) is 2. The van der Waals surface area contributed by atoms with E-state index in [0.29, 0.717) is 0 Å². The fourth-order valence-electron chi connectivity index (χ4n) is 1.36. The standard InChI is InChI=1S/C13H16BrNS/c1-3-7-16-8-6-15-10-12-4-5-13(14)9-11(12)2/h1,4-5,9,15H,6-8,10H2,2H3. The van der Waals surface area contributed by atoms with Crippen molar-refractivity contribution in [3.8, 4) is 12.3 Å². The normalized spacial score (nSPS) is 10.1. The van der Waals surface area contributed by atoms with E-state index >= 15 is 0 Å². The SMILES string of the molecule is C#CCSCCNCc1ccc(Br)cc1C. The van der Waals surface area contributed by atoms with E-state index in [-0.39, 0.29) is 0 Å². The highest BCUT2D eigenvalue weighted by Crippen LogP contribution is 2.15. The van der Waals surface area contributed by atoms with Gasteiger partial charge in [-0.05, 0) is 30.2 Å². The number of aryl methyl sites for hydroxylation is 1. The zero-order valence-electron chi connectivity index (χ0n) is 9.42. The monoisotopic (exact) mass is 297 g/mol. The summed E-state index contributed by atoms with van der Waals surface area (Å²) in [5, 5.41) is 3.42. The van der Waals surface area contributed by atoms with E-state index in [1.165, 1.54) is 11.1 Å². The third-order valence-corrected chi connectivity index (χ3v) is 3.59. The van der Waals surface area contributed by atoms with Gasteiger partial charge in [0.05, 0.1) is 5.75 Å². The van der Waals surface area contributed by atoms with Gasteiger partial charge in [0.25, 0.3) is 0 Å². The van der Waals surface area contributed by atoms with Gasteiger partial charge in [0.1, 0.15) is 0 Å². The molecule has 0 aromatic heterocycles. The zero-order chi connectivity index (χ0) is 11.8. The second-order valence-corrected chi connectivity index (χ2v) is 5.53. The summed E-state index contributed by atoms with van der Waals surface area (Å²) in [4.78, 5) is 0. The molecule has 1 rings (SSSR count). The van der Waals surface area contributed by atoms with Crippen LogP contribution in [-0.4, -0.2) is 18.1 Å². The smallest absolute Gasteiger partial charge is 0.0545 e. The Hall–Kier alpha value is -0.430. The Morgan fingerprint density at radius 3 is 3.00 bits per heavy atom. The lowest BCUT2D eigenvalue weighted by Crippen LogP contribution is -2.17. The van der Waals surface area contributed by atoms with Crippen LogP contribution in [0.15, 0.2) is 22.7 Å². The largest absolute Gasteiger partial charge is 0.312 e. The molecule has 0 bridgehead atoms. The molecular formula is C13H16BrNS. The number of halogens is 1. The number of benzene rings is 1. The van der Waals surface area contributed by atoms with Crippen LogP contribution in [0.3, 0.4) is 0 Å². The summed E-state index contributed by atoms with van der Waals surface area (Å²) < 4.78 is 1.14. The highest BCUT2D eigenvalue weighted by atomic mass is 79.9. The molecule has 1 aromatic carbocycles. The minimum atomic E-state index is 0.805. The molecule has 0 aliphatic carbocycles. The van der Waals surface area contributed by atoms with Gasteiger partial charge < -0.3 is 5.32 Å². The molecule has 1 aromatic rings. The molecule has 3 heteroatoms. The summed E-state index contributed by atoms with van der Waals surface area (Å²) in [6.45, 7) is 4.06. The highest BCUT2D eigenvalue weighted by molar-refractivity contribution is 9.10. The minimum absolute atomic E-state index is 0.805. The van der Waals surface area contributed by atoms with E-state index in [2.05, 4.69) is 52.3 Å². The molecule has 0 radical (unpaired) electrons. The molecule has 0 unspecified atom stereocenters. The van der Waals surface area contributed by atoms with Crippen molar-refractivity contribution in [2.75, 3.05) is 18.1 Å². The van der Waals surface area contributed by atoms with Gasteiger partial charge >= 0.3 is 0 Å². The number of nitrogens with one attached hydrogen (secondary N) is 1. The first-order valence-corrected chi connectivity index (χ1v) is 7.15. The van der Waals surface area contributed by atoms with Gasteiger partial charge in [-0.3, -0.25) is 0 Å². The first-order valence-electron chi connectivity index (χ1n) is 5.21. The molecule has 1 nitrogen and oxygen atoms in total. The molecule has 0 aliphatic rings.